The summed E-state index contributed by atoms with van der Waals surface area (Å²) in [6.07, 6.45) is -0.0458. The van der Waals surface area contributed by atoms with Gasteiger partial charge in [0.2, 0.25) is 0 Å². The van der Waals surface area contributed by atoms with Crippen LogP contribution in [-0.2, 0) is 21.4 Å². The number of carbonyl (C=O) groups excluding carboxylic acids is 1. The number of aliphatic hydroxyl groups excluding tert-OH is 1. The predicted molar refractivity (Wildman–Crippen MR) is 95.2 cm³/mol. The van der Waals surface area contributed by atoms with Gasteiger partial charge in [-0.3, -0.25) is 4.79 Å². The van der Waals surface area contributed by atoms with E-state index < -0.39 is 23.2 Å². The Hall–Kier alpha value is -1.67. The zero-order valence-electron chi connectivity index (χ0n) is 15.6. The van der Waals surface area contributed by atoms with Gasteiger partial charge in [0.15, 0.2) is 23.4 Å². The predicted octanol–water partition coefficient (Wildman–Crippen LogP) is 0.0356. The van der Waals surface area contributed by atoms with Crippen LogP contribution in [0.25, 0.3) is 0 Å². The number of benzene rings is 1. The number of piperidine rings is 1. The number of nitrogens with zero attached hydrogens (tertiary/aromatic N) is 1. The molecule has 1 spiro atoms. The number of likely N-dealkylation sites (tertiary alicyclic amines) is 1. The molecule has 1 saturated heterocycles. The van der Waals surface area contributed by atoms with Gasteiger partial charge in [0.1, 0.15) is 5.60 Å². The van der Waals surface area contributed by atoms with Gasteiger partial charge in [-0.25, -0.2) is 0 Å². The Morgan fingerprint density at radius 1 is 1.37 bits per heavy atom. The summed E-state index contributed by atoms with van der Waals surface area (Å²) in [6, 6.07) is 3.73. The lowest BCUT2D eigenvalue weighted by Crippen LogP contribution is -2.80. The van der Waals surface area contributed by atoms with Crippen LogP contribution in [-0.4, -0.2) is 78.7 Å². The lowest BCUT2D eigenvalue weighted by atomic mass is 9.48. The van der Waals surface area contributed by atoms with Gasteiger partial charge in [-0.1, -0.05) is 6.07 Å². The van der Waals surface area contributed by atoms with Crippen LogP contribution in [0.5, 0.6) is 11.5 Å². The van der Waals surface area contributed by atoms with Crippen molar-refractivity contribution in [1.82, 2.24) is 4.90 Å². The van der Waals surface area contributed by atoms with Crippen LogP contribution < -0.4 is 9.47 Å². The third kappa shape index (κ3) is 1.88. The summed E-state index contributed by atoms with van der Waals surface area (Å²) in [4.78, 5) is 15.2. The van der Waals surface area contributed by atoms with Crippen molar-refractivity contribution in [3.63, 3.8) is 0 Å². The fourth-order valence-corrected chi connectivity index (χ4v) is 6.09. The maximum absolute atomic E-state index is 13.1. The van der Waals surface area contributed by atoms with Gasteiger partial charge in [0.25, 0.3) is 0 Å². The van der Waals surface area contributed by atoms with E-state index in [1.807, 2.05) is 19.2 Å². The summed E-state index contributed by atoms with van der Waals surface area (Å²) in [5.41, 5.74) is -0.0791. The molecule has 2 fully saturated rings. The lowest BCUT2D eigenvalue weighted by molar-refractivity contribution is -0.238. The highest BCUT2D eigenvalue weighted by Gasteiger charge is 2.76. The van der Waals surface area contributed by atoms with Gasteiger partial charge in [-0.05, 0) is 38.1 Å². The van der Waals surface area contributed by atoms with Crippen LogP contribution in [0.4, 0.5) is 0 Å². The van der Waals surface area contributed by atoms with Crippen LogP contribution in [0.15, 0.2) is 12.1 Å². The van der Waals surface area contributed by atoms with Crippen LogP contribution >= 0.6 is 0 Å². The van der Waals surface area contributed by atoms with Crippen molar-refractivity contribution in [3.8, 4) is 11.5 Å². The molecule has 2 aliphatic heterocycles. The van der Waals surface area contributed by atoms with Crippen LogP contribution in [0.3, 0.4) is 0 Å². The van der Waals surface area contributed by atoms with Crippen molar-refractivity contribution in [1.29, 1.82) is 0 Å². The van der Waals surface area contributed by atoms with Gasteiger partial charge in [-0.2, -0.15) is 0 Å². The van der Waals surface area contributed by atoms with Gasteiger partial charge >= 0.3 is 0 Å². The molecule has 1 aromatic carbocycles. The minimum Gasteiger partial charge on any atom is -0.493 e. The minimum absolute atomic E-state index is 0.0583. The molecule has 0 aromatic heterocycles. The first-order chi connectivity index (χ1) is 13.0. The maximum atomic E-state index is 13.1. The largest absolute Gasteiger partial charge is 0.493 e. The van der Waals surface area contributed by atoms with E-state index >= 15 is 0 Å². The molecule has 0 radical (unpaired) electrons. The van der Waals surface area contributed by atoms with Gasteiger partial charge < -0.3 is 29.3 Å². The number of likely N-dealkylation sites (N-methyl/N-ethyl adjacent to an activating group) is 1. The zero-order valence-corrected chi connectivity index (χ0v) is 15.6. The van der Waals surface area contributed by atoms with Crippen LogP contribution in [0, 0.1) is 0 Å². The standard InChI is InChI=1S/C20H25NO6/c1-21-6-5-19-16-11-3-4-13(25-2)17(16)27-18(19)12(23)10-15(26-8-7-22)20(19,24)14(21)9-11/h3-4,14-15,18,22,24H,5-10H2,1-2H3/t14-,15?,18?,19+,20+/m1/s1. The number of ketones is 1. The van der Waals surface area contributed by atoms with E-state index in [4.69, 9.17) is 14.2 Å². The minimum atomic E-state index is -1.27. The summed E-state index contributed by atoms with van der Waals surface area (Å²) in [7, 11) is 3.60. The van der Waals surface area contributed by atoms with E-state index in [0.717, 1.165) is 17.7 Å². The van der Waals surface area contributed by atoms with Crippen LogP contribution in [0.2, 0.25) is 0 Å². The van der Waals surface area contributed by atoms with Crippen LogP contribution in [0.1, 0.15) is 24.0 Å². The smallest absolute Gasteiger partial charge is 0.177 e. The second-order valence-corrected chi connectivity index (χ2v) is 8.13. The van der Waals surface area contributed by atoms with E-state index in [1.54, 1.807) is 7.11 Å². The summed E-state index contributed by atoms with van der Waals surface area (Å²) in [5, 5.41) is 21.5. The molecule has 1 aromatic rings. The van der Waals surface area contributed by atoms with Crippen molar-refractivity contribution >= 4 is 5.78 Å². The molecule has 1 saturated carbocycles. The number of aliphatic hydroxyl groups is 2. The fourth-order valence-electron chi connectivity index (χ4n) is 6.09. The average Bonchev–Trinajstić information content (AvgIpc) is 3.01. The number of ether oxygens (including phenoxy) is 3. The quantitative estimate of drug-likeness (QED) is 0.768. The molecule has 2 N–H and O–H groups in total. The van der Waals surface area contributed by atoms with E-state index in [9.17, 15) is 15.0 Å². The van der Waals surface area contributed by atoms with Gasteiger partial charge in [0, 0.05) is 18.0 Å². The molecular formula is C20H25NO6. The second-order valence-electron chi connectivity index (χ2n) is 8.13. The number of methoxy groups -OCH3 is 1. The third-order valence-corrected chi connectivity index (χ3v) is 7.16. The first kappa shape index (κ1) is 17.4. The number of Topliss-reactive ketones (excluding diaryl/α,β-unsaturated/α-hetero) is 1. The molecular weight excluding hydrogens is 350 g/mol. The topological polar surface area (TPSA) is 88.5 Å². The van der Waals surface area contributed by atoms with Gasteiger partial charge in [-0.15, -0.1) is 0 Å². The van der Waals surface area contributed by atoms with Crippen molar-refractivity contribution in [2.24, 2.45) is 0 Å². The zero-order chi connectivity index (χ0) is 19.0. The Morgan fingerprint density at radius 2 is 2.19 bits per heavy atom. The van der Waals surface area contributed by atoms with E-state index in [0.29, 0.717) is 24.3 Å². The maximum Gasteiger partial charge on any atom is 0.177 e. The Balaban J connectivity index is 1.78. The average molecular weight is 375 g/mol. The Morgan fingerprint density at radius 3 is 2.93 bits per heavy atom. The highest BCUT2D eigenvalue weighted by Crippen LogP contribution is 2.65. The Labute approximate surface area is 157 Å². The molecule has 2 bridgehead atoms. The Kier molecular flexibility index (Phi) is 3.66. The summed E-state index contributed by atoms with van der Waals surface area (Å²) >= 11 is 0. The van der Waals surface area contributed by atoms with Gasteiger partial charge in [0.05, 0.1) is 31.8 Å². The fraction of sp³-hybridized carbons (Fsp3) is 0.650. The molecule has 7 heteroatoms. The monoisotopic (exact) mass is 375 g/mol. The first-order valence-electron chi connectivity index (χ1n) is 9.53. The summed E-state index contributed by atoms with van der Waals surface area (Å²) in [5.74, 6) is 1.13. The molecule has 2 unspecified atom stereocenters. The molecule has 4 aliphatic rings. The lowest BCUT2D eigenvalue weighted by Gasteiger charge is -2.64. The molecule has 146 valence electrons. The van der Waals surface area contributed by atoms with E-state index in [1.165, 1.54) is 0 Å². The SMILES string of the molecule is COc1ccc2c3c1OC1C(=O)CC(OCCO)[C@@]4(O)[C@@H](C2)N(C)CC[C@]314. The second kappa shape index (κ2) is 5.67. The Bertz CT molecular complexity index is 812. The normalized spacial score (nSPS) is 39.1. The molecule has 0 amide bonds. The first-order valence-corrected chi connectivity index (χ1v) is 9.53. The number of carbonyl (C=O) groups is 1. The highest BCUT2D eigenvalue weighted by atomic mass is 16.5. The number of rotatable bonds is 4. The molecule has 5 rings (SSSR count). The van der Waals surface area contributed by atoms with E-state index in [2.05, 4.69) is 4.90 Å². The highest BCUT2D eigenvalue weighted by molar-refractivity contribution is 5.90. The summed E-state index contributed by atoms with van der Waals surface area (Å²) < 4.78 is 17.6. The molecule has 2 aliphatic carbocycles. The molecule has 2 heterocycles. The van der Waals surface area contributed by atoms with Crippen molar-refractivity contribution in [2.75, 3.05) is 33.9 Å². The molecule has 7 nitrogen and oxygen atoms in total. The van der Waals surface area contributed by atoms with Crippen molar-refractivity contribution in [3.05, 3.63) is 23.3 Å². The molecule has 27 heavy (non-hydrogen) atoms. The third-order valence-electron chi connectivity index (χ3n) is 7.16. The van der Waals surface area contributed by atoms with Crippen molar-refractivity contribution in [2.45, 2.75) is 48.5 Å². The number of hydrogen-bond donors (Lipinski definition) is 2. The van der Waals surface area contributed by atoms with Crippen molar-refractivity contribution < 1.29 is 29.2 Å². The molecule has 5 atom stereocenters. The number of hydrogen-bond acceptors (Lipinski definition) is 7. The summed E-state index contributed by atoms with van der Waals surface area (Å²) in [6.45, 7) is 0.711. The van der Waals surface area contributed by atoms with E-state index in [-0.39, 0.29) is 31.5 Å².